The van der Waals surface area contributed by atoms with E-state index in [4.69, 9.17) is 0 Å². The van der Waals surface area contributed by atoms with E-state index in [1.165, 1.54) is 18.5 Å². The van der Waals surface area contributed by atoms with Crippen molar-refractivity contribution in [3.63, 3.8) is 0 Å². The predicted octanol–water partition coefficient (Wildman–Crippen LogP) is 2.96. The molecule has 0 N–H and O–H groups in total. The Balaban J connectivity index is 1.53. The van der Waals surface area contributed by atoms with Gasteiger partial charge in [0.25, 0.3) is 0 Å². The highest BCUT2D eigenvalue weighted by molar-refractivity contribution is 5.99. The van der Waals surface area contributed by atoms with E-state index < -0.39 is 0 Å². The maximum atomic E-state index is 12.8. The minimum Gasteiger partial charge on any atom is -0.345 e. The van der Waals surface area contributed by atoms with Gasteiger partial charge in [0.15, 0.2) is 5.78 Å². The molecule has 1 aliphatic heterocycles. The van der Waals surface area contributed by atoms with Gasteiger partial charge in [0.05, 0.1) is 6.54 Å². The van der Waals surface area contributed by atoms with Crippen molar-refractivity contribution in [1.82, 2.24) is 14.4 Å². The van der Waals surface area contributed by atoms with Crippen molar-refractivity contribution < 1.29 is 9.59 Å². The van der Waals surface area contributed by atoms with E-state index in [0.29, 0.717) is 19.0 Å². The van der Waals surface area contributed by atoms with Crippen molar-refractivity contribution in [3.8, 4) is 0 Å². The van der Waals surface area contributed by atoms with Crippen LogP contribution in [0.4, 0.5) is 0 Å². The standard InChI is InChI=1S/C20H31N3O2/c1-4-5-6-20(25)22-11-9-21(10-12-22)14-19(24)18-13-15(2)23(16(18)3)17-7-8-17/h13,17H,4-12,14H2,1-3H3. The van der Waals surface area contributed by atoms with Crippen LogP contribution in [0.25, 0.3) is 0 Å². The van der Waals surface area contributed by atoms with E-state index in [1.807, 2.05) is 4.90 Å². The number of hydrogen-bond donors (Lipinski definition) is 0. The third-order valence-electron chi connectivity index (χ3n) is 5.53. The van der Waals surface area contributed by atoms with Crippen LogP contribution in [0.5, 0.6) is 0 Å². The maximum Gasteiger partial charge on any atom is 0.222 e. The summed E-state index contributed by atoms with van der Waals surface area (Å²) in [5.41, 5.74) is 3.21. The van der Waals surface area contributed by atoms with Crippen molar-refractivity contribution in [1.29, 1.82) is 0 Å². The molecule has 0 unspecified atom stereocenters. The minimum atomic E-state index is 0.214. The summed E-state index contributed by atoms with van der Waals surface area (Å²) in [6.07, 6.45) is 5.15. The third-order valence-corrected chi connectivity index (χ3v) is 5.53. The molecule has 5 nitrogen and oxygen atoms in total. The van der Waals surface area contributed by atoms with E-state index in [0.717, 1.165) is 50.3 Å². The van der Waals surface area contributed by atoms with Crippen LogP contribution in [0.3, 0.4) is 0 Å². The maximum absolute atomic E-state index is 12.8. The van der Waals surface area contributed by atoms with Crippen molar-refractivity contribution in [2.75, 3.05) is 32.7 Å². The molecule has 1 saturated carbocycles. The first-order valence-corrected chi connectivity index (χ1v) is 9.73. The monoisotopic (exact) mass is 345 g/mol. The summed E-state index contributed by atoms with van der Waals surface area (Å²) >= 11 is 0. The van der Waals surface area contributed by atoms with Gasteiger partial charge in [-0.25, -0.2) is 0 Å². The molecule has 1 aliphatic carbocycles. The Bertz CT molecular complexity index is 638. The van der Waals surface area contributed by atoms with Crippen LogP contribution < -0.4 is 0 Å². The van der Waals surface area contributed by atoms with Crippen LogP contribution in [0.15, 0.2) is 6.07 Å². The van der Waals surface area contributed by atoms with E-state index in [-0.39, 0.29) is 11.7 Å². The van der Waals surface area contributed by atoms with Gasteiger partial charge in [0.2, 0.25) is 5.91 Å². The first kappa shape index (κ1) is 18.2. The Morgan fingerprint density at radius 2 is 1.80 bits per heavy atom. The molecule has 0 radical (unpaired) electrons. The summed E-state index contributed by atoms with van der Waals surface area (Å²) in [7, 11) is 0. The Morgan fingerprint density at radius 3 is 2.40 bits per heavy atom. The van der Waals surface area contributed by atoms with Gasteiger partial charge in [0, 0.05) is 55.6 Å². The second-order valence-corrected chi connectivity index (χ2v) is 7.57. The van der Waals surface area contributed by atoms with E-state index in [1.54, 1.807) is 0 Å². The fraction of sp³-hybridized carbons (Fsp3) is 0.700. The summed E-state index contributed by atoms with van der Waals surface area (Å²) in [5, 5.41) is 0. The molecule has 1 aromatic rings. The number of unbranched alkanes of at least 4 members (excludes halogenated alkanes) is 1. The molecule has 138 valence electrons. The molecular weight excluding hydrogens is 314 g/mol. The van der Waals surface area contributed by atoms with E-state index >= 15 is 0 Å². The molecule has 0 atom stereocenters. The smallest absolute Gasteiger partial charge is 0.222 e. The highest BCUT2D eigenvalue weighted by atomic mass is 16.2. The Hall–Kier alpha value is -1.62. The summed E-state index contributed by atoms with van der Waals surface area (Å²) in [4.78, 5) is 29.0. The number of nitrogens with zero attached hydrogens (tertiary/aromatic N) is 3. The van der Waals surface area contributed by atoms with Crippen LogP contribution >= 0.6 is 0 Å². The van der Waals surface area contributed by atoms with Crippen LogP contribution in [0.2, 0.25) is 0 Å². The number of hydrogen-bond acceptors (Lipinski definition) is 3. The van der Waals surface area contributed by atoms with Crippen LogP contribution in [0, 0.1) is 13.8 Å². The molecule has 2 heterocycles. The number of carbonyl (C=O) groups excluding carboxylic acids is 2. The molecule has 1 amide bonds. The summed E-state index contributed by atoms with van der Waals surface area (Å²) < 4.78 is 2.33. The second-order valence-electron chi connectivity index (χ2n) is 7.57. The van der Waals surface area contributed by atoms with Gasteiger partial charge >= 0.3 is 0 Å². The number of amides is 1. The number of Topliss-reactive ketones (excluding diaryl/α,β-unsaturated/α-hetero) is 1. The average Bonchev–Trinajstić information content (AvgIpc) is 3.38. The van der Waals surface area contributed by atoms with Gasteiger partial charge in [0.1, 0.15) is 0 Å². The largest absolute Gasteiger partial charge is 0.345 e. The van der Waals surface area contributed by atoms with Gasteiger partial charge < -0.3 is 9.47 Å². The lowest BCUT2D eigenvalue weighted by molar-refractivity contribution is -0.132. The molecule has 0 bridgehead atoms. The molecule has 1 aromatic heterocycles. The van der Waals surface area contributed by atoms with E-state index in [2.05, 4.69) is 36.3 Å². The molecule has 1 saturated heterocycles. The Morgan fingerprint density at radius 1 is 1.12 bits per heavy atom. The number of aryl methyl sites for hydroxylation is 1. The van der Waals surface area contributed by atoms with Crippen molar-refractivity contribution in [3.05, 3.63) is 23.0 Å². The lowest BCUT2D eigenvalue weighted by Crippen LogP contribution is -2.49. The zero-order valence-corrected chi connectivity index (χ0v) is 15.9. The second kappa shape index (κ2) is 7.73. The molecule has 25 heavy (non-hydrogen) atoms. The van der Waals surface area contributed by atoms with E-state index in [9.17, 15) is 9.59 Å². The number of rotatable bonds is 7. The van der Waals surface area contributed by atoms with Crippen molar-refractivity contribution in [2.45, 2.75) is 58.9 Å². The number of aromatic nitrogens is 1. The predicted molar refractivity (Wildman–Crippen MR) is 99.1 cm³/mol. The summed E-state index contributed by atoms with van der Waals surface area (Å²) in [6, 6.07) is 2.67. The molecule has 5 heteroatoms. The molecule has 2 aliphatic rings. The third kappa shape index (κ3) is 4.14. The van der Waals surface area contributed by atoms with Gasteiger partial charge in [-0.05, 0) is 39.2 Å². The van der Waals surface area contributed by atoms with Crippen LogP contribution in [-0.4, -0.2) is 58.8 Å². The lowest BCUT2D eigenvalue weighted by Gasteiger charge is -2.34. The average molecular weight is 345 g/mol. The SMILES string of the molecule is CCCCC(=O)N1CCN(CC(=O)c2cc(C)n(C3CC3)c2C)CC1. The van der Waals surface area contributed by atoms with Crippen LogP contribution in [-0.2, 0) is 4.79 Å². The zero-order valence-electron chi connectivity index (χ0n) is 15.9. The van der Waals surface area contributed by atoms with Crippen molar-refractivity contribution >= 4 is 11.7 Å². The van der Waals surface area contributed by atoms with Gasteiger partial charge in [-0.15, -0.1) is 0 Å². The summed E-state index contributed by atoms with van der Waals surface area (Å²) in [6.45, 7) is 9.83. The number of ketones is 1. The van der Waals surface area contributed by atoms with Gasteiger partial charge in [-0.1, -0.05) is 13.3 Å². The molecule has 2 fully saturated rings. The quantitative estimate of drug-likeness (QED) is 0.714. The molecule has 0 spiro atoms. The number of piperazine rings is 1. The lowest BCUT2D eigenvalue weighted by atomic mass is 10.1. The molecule has 3 rings (SSSR count). The topological polar surface area (TPSA) is 45.6 Å². The first-order valence-electron chi connectivity index (χ1n) is 9.73. The highest BCUT2D eigenvalue weighted by Crippen LogP contribution is 2.38. The van der Waals surface area contributed by atoms with Crippen molar-refractivity contribution in [2.24, 2.45) is 0 Å². The normalized spacial score (nSPS) is 18.6. The Labute approximate surface area is 151 Å². The molecule has 0 aromatic carbocycles. The van der Waals surface area contributed by atoms with Gasteiger partial charge in [-0.2, -0.15) is 0 Å². The summed E-state index contributed by atoms with van der Waals surface area (Å²) in [5.74, 6) is 0.478. The fourth-order valence-electron chi connectivity index (χ4n) is 3.88. The van der Waals surface area contributed by atoms with Gasteiger partial charge in [-0.3, -0.25) is 14.5 Å². The molecular formula is C20H31N3O2. The number of carbonyl (C=O) groups is 2. The fourth-order valence-corrected chi connectivity index (χ4v) is 3.88. The highest BCUT2D eigenvalue weighted by Gasteiger charge is 2.29. The van der Waals surface area contributed by atoms with Crippen LogP contribution in [0.1, 0.15) is 66.8 Å². The minimum absolute atomic E-state index is 0.214. The first-order chi connectivity index (χ1) is 12.0. The zero-order chi connectivity index (χ0) is 18.0. The Kier molecular flexibility index (Phi) is 5.62.